The van der Waals surface area contributed by atoms with Crippen molar-refractivity contribution in [3.63, 3.8) is 0 Å². The lowest BCUT2D eigenvalue weighted by Gasteiger charge is -2.22. The summed E-state index contributed by atoms with van der Waals surface area (Å²) in [6, 6.07) is 7.63. The molecule has 0 saturated carbocycles. The molecule has 2 aromatic carbocycles. The zero-order valence-corrected chi connectivity index (χ0v) is 22.0. The number of carbonyl (C=O) groups is 1. The van der Waals surface area contributed by atoms with Crippen LogP contribution >= 0.6 is 11.6 Å². The van der Waals surface area contributed by atoms with Gasteiger partial charge >= 0.3 is 6.18 Å². The summed E-state index contributed by atoms with van der Waals surface area (Å²) in [5, 5.41) is 3.13. The molecule has 0 aromatic heterocycles. The summed E-state index contributed by atoms with van der Waals surface area (Å²) in [4.78, 5) is 10.9. The van der Waals surface area contributed by atoms with Crippen LogP contribution in [0.15, 0.2) is 30.3 Å². The van der Waals surface area contributed by atoms with Crippen LogP contribution in [-0.2, 0) is 35.2 Å². The van der Waals surface area contributed by atoms with E-state index >= 15 is 0 Å². The van der Waals surface area contributed by atoms with E-state index in [1.807, 2.05) is 33.8 Å². The van der Waals surface area contributed by atoms with E-state index in [0.717, 1.165) is 11.6 Å². The highest BCUT2D eigenvalue weighted by molar-refractivity contribution is 6.30. The first-order chi connectivity index (χ1) is 16.7. The van der Waals surface area contributed by atoms with E-state index in [9.17, 15) is 18.0 Å². The van der Waals surface area contributed by atoms with E-state index in [2.05, 4.69) is 5.32 Å². The van der Waals surface area contributed by atoms with Gasteiger partial charge in [0.1, 0.15) is 23.7 Å². The molecule has 1 N–H and O–H groups in total. The molecule has 1 amide bonds. The number of rotatable bonds is 10. The molecule has 1 aliphatic rings. The summed E-state index contributed by atoms with van der Waals surface area (Å²) in [6.07, 6.45) is -3.72. The van der Waals surface area contributed by atoms with Gasteiger partial charge in [-0.25, -0.2) is 0 Å². The molecule has 2 aromatic rings. The van der Waals surface area contributed by atoms with Crippen LogP contribution in [0.4, 0.5) is 13.2 Å². The van der Waals surface area contributed by atoms with Crippen LogP contribution in [0.5, 0.6) is 11.5 Å². The third-order valence-electron chi connectivity index (χ3n) is 6.15. The highest BCUT2D eigenvalue weighted by Crippen LogP contribution is 2.41. The average Bonchev–Trinajstić information content (AvgIpc) is 3.08. The summed E-state index contributed by atoms with van der Waals surface area (Å²) >= 11 is 6.24. The van der Waals surface area contributed by atoms with E-state index in [0.29, 0.717) is 47.9 Å². The Kier molecular flexibility index (Phi) is 8.83. The van der Waals surface area contributed by atoms with E-state index < -0.39 is 17.3 Å². The Morgan fingerprint density at radius 1 is 1.22 bits per heavy atom. The fraction of sp³-hybridized carbons (Fsp3) is 0.519. The predicted molar refractivity (Wildman–Crippen MR) is 133 cm³/mol. The largest absolute Gasteiger partial charge is 0.488 e. The monoisotopic (exact) mass is 527 g/mol. The average molecular weight is 528 g/mol. The van der Waals surface area contributed by atoms with Crippen molar-refractivity contribution in [3.8, 4) is 11.5 Å². The van der Waals surface area contributed by atoms with Crippen LogP contribution in [0.25, 0.3) is 0 Å². The Morgan fingerprint density at radius 3 is 2.61 bits per heavy atom. The van der Waals surface area contributed by atoms with Crippen molar-refractivity contribution < 1.29 is 32.2 Å². The summed E-state index contributed by atoms with van der Waals surface area (Å²) in [7, 11) is 0. The van der Waals surface area contributed by atoms with Gasteiger partial charge in [0.25, 0.3) is 0 Å². The number of alkyl halides is 3. The minimum absolute atomic E-state index is 0.0373. The molecule has 2 atom stereocenters. The fourth-order valence-electron chi connectivity index (χ4n) is 4.23. The minimum Gasteiger partial charge on any atom is -0.488 e. The smallest absolute Gasteiger partial charge is 0.419 e. The van der Waals surface area contributed by atoms with E-state index in [1.165, 1.54) is 13.0 Å². The van der Waals surface area contributed by atoms with Crippen LogP contribution in [0.1, 0.15) is 56.9 Å². The summed E-state index contributed by atoms with van der Waals surface area (Å²) < 4.78 is 59.2. The quantitative estimate of drug-likeness (QED) is 0.365. The number of ether oxygens (including phenoxy) is 3. The number of hydrogen-bond acceptors (Lipinski definition) is 4. The van der Waals surface area contributed by atoms with Crippen LogP contribution in [0.2, 0.25) is 5.02 Å². The zero-order valence-electron chi connectivity index (χ0n) is 21.2. The Bertz CT molecular complexity index is 1090. The molecule has 0 fully saturated rings. The van der Waals surface area contributed by atoms with Gasteiger partial charge in [0.15, 0.2) is 0 Å². The van der Waals surface area contributed by atoms with Crippen molar-refractivity contribution in [2.45, 2.75) is 71.9 Å². The number of benzene rings is 2. The first-order valence-corrected chi connectivity index (χ1v) is 12.3. The molecule has 36 heavy (non-hydrogen) atoms. The molecular weight excluding hydrogens is 495 g/mol. The van der Waals surface area contributed by atoms with Crippen molar-refractivity contribution in [2.75, 3.05) is 13.2 Å². The molecule has 1 aliphatic heterocycles. The van der Waals surface area contributed by atoms with Gasteiger partial charge in [-0.2, -0.15) is 13.2 Å². The van der Waals surface area contributed by atoms with E-state index in [1.54, 1.807) is 12.1 Å². The molecule has 0 radical (unpaired) electrons. The summed E-state index contributed by atoms with van der Waals surface area (Å²) in [5.74, 6) is 0.197. The van der Waals surface area contributed by atoms with E-state index in [-0.39, 0.29) is 30.3 Å². The number of fused-ring (bicyclic) bond motifs is 1. The Balaban J connectivity index is 1.71. The highest BCUT2D eigenvalue weighted by Gasteiger charge is 2.36. The number of carbonyl (C=O) groups excluding carboxylic acids is 1. The molecule has 9 heteroatoms. The molecule has 2 unspecified atom stereocenters. The van der Waals surface area contributed by atoms with Crippen molar-refractivity contribution in [3.05, 3.63) is 57.6 Å². The first kappa shape index (κ1) is 28.1. The molecule has 5 nitrogen and oxygen atoms in total. The van der Waals surface area contributed by atoms with Crippen molar-refractivity contribution in [1.82, 2.24) is 5.32 Å². The van der Waals surface area contributed by atoms with Crippen molar-refractivity contribution in [1.29, 1.82) is 0 Å². The Morgan fingerprint density at radius 2 is 1.94 bits per heavy atom. The predicted octanol–water partition coefficient (Wildman–Crippen LogP) is 6.37. The fourth-order valence-corrected chi connectivity index (χ4v) is 4.50. The number of amides is 1. The molecule has 198 valence electrons. The number of halogens is 4. The van der Waals surface area contributed by atoms with Gasteiger partial charge in [-0.15, -0.1) is 0 Å². The van der Waals surface area contributed by atoms with Gasteiger partial charge in [-0.3, -0.25) is 4.79 Å². The maximum absolute atomic E-state index is 13.9. The second kappa shape index (κ2) is 11.3. The van der Waals surface area contributed by atoms with Gasteiger partial charge in [-0.1, -0.05) is 24.6 Å². The van der Waals surface area contributed by atoms with Crippen LogP contribution < -0.4 is 14.8 Å². The third kappa shape index (κ3) is 7.53. The second-order valence-electron chi connectivity index (χ2n) is 9.95. The van der Waals surface area contributed by atoms with Crippen LogP contribution in [0, 0.1) is 5.92 Å². The standard InChI is InChI=1S/C27H33ClF3NO4/c1-16(17(2)34-9-8-32-18(3)33)10-19-6-7-24(23(11-19)27(29,30)31)35-15-21-13-22(28)12-20-14-26(4,5)36-25(20)21/h6-7,11-13,16-17H,8-10,14-15H2,1-5H3,(H,32,33). The summed E-state index contributed by atoms with van der Waals surface area (Å²) in [6.45, 7) is 9.72. The summed E-state index contributed by atoms with van der Waals surface area (Å²) in [5.41, 5.74) is 0.820. The Labute approximate surface area is 215 Å². The highest BCUT2D eigenvalue weighted by atomic mass is 35.5. The van der Waals surface area contributed by atoms with Gasteiger partial charge in [0, 0.05) is 30.5 Å². The van der Waals surface area contributed by atoms with Gasteiger partial charge in [0.2, 0.25) is 5.91 Å². The normalized spacial score (nSPS) is 16.1. The van der Waals surface area contributed by atoms with Crippen LogP contribution in [-0.4, -0.2) is 30.8 Å². The third-order valence-corrected chi connectivity index (χ3v) is 6.37. The Hall–Kier alpha value is -2.45. The molecule has 0 aliphatic carbocycles. The van der Waals surface area contributed by atoms with Crippen LogP contribution in [0.3, 0.4) is 0 Å². The first-order valence-electron chi connectivity index (χ1n) is 11.9. The minimum atomic E-state index is -4.58. The number of nitrogens with one attached hydrogen (secondary N) is 1. The maximum atomic E-state index is 13.9. The second-order valence-corrected chi connectivity index (χ2v) is 10.4. The lowest BCUT2D eigenvalue weighted by Crippen LogP contribution is -2.28. The van der Waals surface area contributed by atoms with Gasteiger partial charge in [-0.05, 0) is 68.5 Å². The molecule has 0 spiro atoms. The molecule has 0 bridgehead atoms. The lowest BCUT2D eigenvalue weighted by molar-refractivity contribution is -0.139. The molecular formula is C27H33ClF3NO4. The van der Waals surface area contributed by atoms with Gasteiger partial charge in [0.05, 0.1) is 18.3 Å². The maximum Gasteiger partial charge on any atom is 0.419 e. The lowest BCUT2D eigenvalue weighted by atomic mass is 9.95. The zero-order chi connectivity index (χ0) is 26.7. The number of hydrogen-bond donors (Lipinski definition) is 1. The molecule has 1 heterocycles. The van der Waals surface area contributed by atoms with Crippen molar-refractivity contribution >= 4 is 17.5 Å². The van der Waals surface area contributed by atoms with E-state index in [4.69, 9.17) is 25.8 Å². The van der Waals surface area contributed by atoms with Crippen molar-refractivity contribution in [2.24, 2.45) is 5.92 Å². The topological polar surface area (TPSA) is 56.8 Å². The molecule has 0 saturated heterocycles. The SMILES string of the molecule is CC(=O)NCCOC(C)C(C)Cc1ccc(OCc2cc(Cl)cc3c2OC(C)(C)C3)c(C(F)(F)F)c1. The van der Waals surface area contributed by atoms with Gasteiger partial charge < -0.3 is 19.5 Å². The molecule has 3 rings (SSSR count).